The Bertz CT molecular complexity index is 891. The lowest BCUT2D eigenvalue weighted by molar-refractivity contribution is -0.124. The minimum absolute atomic E-state index is 0.0793. The summed E-state index contributed by atoms with van der Waals surface area (Å²) in [6.45, 7) is 4.61. The number of nitrogens with zero attached hydrogens (tertiary/aromatic N) is 3. The first-order valence-corrected chi connectivity index (χ1v) is 9.16. The quantitative estimate of drug-likeness (QED) is 0.796. The minimum atomic E-state index is -0.291. The van der Waals surface area contributed by atoms with E-state index in [2.05, 4.69) is 5.10 Å². The van der Waals surface area contributed by atoms with Gasteiger partial charge in [-0.25, -0.2) is 4.90 Å². The molecule has 2 amide bonds. The van der Waals surface area contributed by atoms with Gasteiger partial charge in [-0.3, -0.25) is 14.3 Å². The number of anilines is 1. The van der Waals surface area contributed by atoms with Crippen LogP contribution in [0.2, 0.25) is 0 Å². The topological polar surface area (TPSA) is 64.4 Å². The summed E-state index contributed by atoms with van der Waals surface area (Å²) >= 11 is 0. The van der Waals surface area contributed by atoms with E-state index in [-0.39, 0.29) is 35.9 Å². The van der Waals surface area contributed by atoms with Crippen molar-refractivity contribution in [2.45, 2.75) is 45.4 Å². The zero-order valence-electron chi connectivity index (χ0n) is 14.9. The smallest absolute Gasteiger partial charge is 0.240 e. The number of fused-ring (bicyclic) bond motifs is 5. The first-order valence-electron chi connectivity index (χ1n) is 9.16. The van der Waals surface area contributed by atoms with Crippen molar-refractivity contribution in [2.24, 2.45) is 11.8 Å². The number of hydrogen-bond donors (Lipinski definition) is 0. The lowest BCUT2D eigenvalue weighted by Crippen LogP contribution is -2.34. The summed E-state index contributed by atoms with van der Waals surface area (Å²) in [4.78, 5) is 27.2. The highest BCUT2D eigenvalue weighted by atomic mass is 16.5. The molecule has 2 bridgehead atoms. The van der Waals surface area contributed by atoms with Crippen LogP contribution in [0, 0.1) is 25.7 Å². The van der Waals surface area contributed by atoms with Crippen LogP contribution >= 0.6 is 0 Å². The summed E-state index contributed by atoms with van der Waals surface area (Å²) in [5.74, 6) is -0.784. The summed E-state index contributed by atoms with van der Waals surface area (Å²) in [7, 11) is 0. The van der Waals surface area contributed by atoms with Gasteiger partial charge >= 0.3 is 0 Å². The van der Waals surface area contributed by atoms with E-state index in [1.54, 1.807) is 0 Å². The van der Waals surface area contributed by atoms with Crippen molar-refractivity contribution < 1.29 is 14.3 Å². The second kappa shape index (κ2) is 5.51. The largest absolute Gasteiger partial charge is 0.373 e. The fraction of sp³-hybridized carbons (Fsp3) is 0.450. The molecule has 1 aromatic carbocycles. The number of imide groups is 1. The number of hydrogen-bond acceptors (Lipinski definition) is 4. The van der Waals surface area contributed by atoms with Crippen LogP contribution in [-0.2, 0) is 20.9 Å². The van der Waals surface area contributed by atoms with Crippen LogP contribution < -0.4 is 4.90 Å². The third-order valence-electron chi connectivity index (χ3n) is 5.89. The predicted molar refractivity (Wildman–Crippen MR) is 94.6 cm³/mol. The summed E-state index contributed by atoms with van der Waals surface area (Å²) in [5.41, 5.74) is 3.75. The SMILES string of the molecule is Cc1cc(C)n(Cc2cccc(N3C(=O)[C@@H]4[C@H](C3=O)[C@H]3CC[C@@H]4O3)c2)n1. The number of rotatable bonds is 3. The highest BCUT2D eigenvalue weighted by Crippen LogP contribution is 2.49. The molecule has 5 rings (SSSR count). The van der Waals surface area contributed by atoms with Crippen LogP contribution in [0.3, 0.4) is 0 Å². The Kier molecular flexibility index (Phi) is 3.34. The molecule has 26 heavy (non-hydrogen) atoms. The average Bonchev–Trinajstić information content (AvgIpc) is 3.34. The number of carbonyl (C=O) groups excluding carboxylic acids is 2. The molecular formula is C20H21N3O3. The second-order valence-corrected chi connectivity index (χ2v) is 7.61. The third-order valence-corrected chi connectivity index (χ3v) is 5.89. The van der Waals surface area contributed by atoms with Crippen LogP contribution in [0.1, 0.15) is 29.8 Å². The van der Waals surface area contributed by atoms with Gasteiger partial charge in [-0.2, -0.15) is 5.10 Å². The van der Waals surface area contributed by atoms with Gasteiger partial charge in [-0.1, -0.05) is 12.1 Å². The Morgan fingerprint density at radius 1 is 1.08 bits per heavy atom. The standard InChI is InChI=1S/C20H21N3O3/c1-11-8-12(2)22(21-11)10-13-4-3-5-14(9-13)23-19(24)17-15-6-7-16(26-15)18(17)20(23)25/h3-5,8-9,15-18H,6-7,10H2,1-2H3/t15-,16+,17-,18+. The van der Waals surface area contributed by atoms with Gasteiger partial charge in [-0.05, 0) is 50.5 Å². The molecule has 0 spiro atoms. The monoisotopic (exact) mass is 351 g/mol. The first-order chi connectivity index (χ1) is 12.5. The molecular weight excluding hydrogens is 330 g/mol. The minimum Gasteiger partial charge on any atom is -0.373 e. The van der Waals surface area contributed by atoms with Crippen molar-refractivity contribution in [3.63, 3.8) is 0 Å². The Balaban J connectivity index is 1.45. The molecule has 6 heteroatoms. The average molecular weight is 351 g/mol. The lowest BCUT2D eigenvalue weighted by Gasteiger charge is -2.18. The molecule has 4 atom stereocenters. The van der Waals surface area contributed by atoms with E-state index in [0.29, 0.717) is 12.2 Å². The Morgan fingerprint density at radius 3 is 2.38 bits per heavy atom. The van der Waals surface area contributed by atoms with E-state index in [9.17, 15) is 9.59 Å². The number of aromatic nitrogens is 2. The van der Waals surface area contributed by atoms with Gasteiger partial charge in [0.2, 0.25) is 11.8 Å². The summed E-state index contributed by atoms with van der Waals surface area (Å²) in [5, 5.41) is 4.49. The van der Waals surface area contributed by atoms with Crippen molar-refractivity contribution >= 4 is 17.5 Å². The summed E-state index contributed by atoms with van der Waals surface area (Å²) in [6.07, 6.45) is 1.61. The van der Waals surface area contributed by atoms with Gasteiger partial charge in [0, 0.05) is 5.69 Å². The van der Waals surface area contributed by atoms with Crippen molar-refractivity contribution in [1.29, 1.82) is 0 Å². The Hall–Kier alpha value is -2.47. The number of amides is 2. The fourth-order valence-corrected chi connectivity index (χ4v) is 4.77. The molecule has 0 unspecified atom stereocenters. The number of benzene rings is 1. The molecule has 3 fully saturated rings. The Labute approximate surface area is 151 Å². The molecule has 0 saturated carbocycles. The maximum absolute atomic E-state index is 12.9. The first kappa shape index (κ1) is 15.8. The van der Waals surface area contributed by atoms with E-state index in [0.717, 1.165) is 29.8 Å². The molecule has 0 N–H and O–H groups in total. The van der Waals surface area contributed by atoms with Crippen molar-refractivity contribution in [1.82, 2.24) is 9.78 Å². The van der Waals surface area contributed by atoms with Crippen molar-refractivity contribution in [3.8, 4) is 0 Å². The highest BCUT2D eigenvalue weighted by Gasteiger charge is 2.62. The fourth-order valence-electron chi connectivity index (χ4n) is 4.77. The van der Waals surface area contributed by atoms with E-state index in [1.165, 1.54) is 4.90 Å². The predicted octanol–water partition coefficient (Wildman–Crippen LogP) is 2.22. The van der Waals surface area contributed by atoms with Crippen LogP contribution in [0.25, 0.3) is 0 Å². The van der Waals surface area contributed by atoms with Gasteiger partial charge in [0.25, 0.3) is 0 Å². The molecule has 4 heterocycles. The zero-order chi connectivity index (χ0) is 18.0. The zero-order valence-corrected chi connectivity index (χ0v) is 14.9. The molecule has 1 aromatic heterocycles. The highest BCUT2D eigenvalue weighted by molar-refractivity contribution is 6.22. The van der Waals surface area contributed by atoms with E-state index in [4.69, 9.17) is 4.74 Å². The molecule has 0 aliphatic carbocycles. The van der Waals surface area contributed by atoms with Gasteiger partial charge < -0.3 is 4.74 Å². The van der Waals surface area contributed by atoms with Gasteiger partial charge in [-0.15, -0.1) is 0 Å². The van der Waals surface area contributed by atoms with Gasteiger partial charge in [0.05, 0.1) is 42.0 Å². The molecule has 134 valence electrons. The lowest BCUT2D eigenvalue weighted by atomic mass is 9.81. The third kappa shape index (κ3) is 2.18. The number of ether oxygens (including phenoxy) is 1. The van der Waals surface area contributed by atoms with Crippen molar-refractivity contribution in [3.05, 3.63) is 47.3 Å². The van der Waals surface area contributed by atoms with Crippen LogP contribution in [0.15, 0.2) is 30.3 Å². The van der Waals surface area contributed by atoms with Crippen LogP contribution in [-0.4, -0.2) is 33.8 Å². The van der Waals surface area contributed by atoms with Crippen LogP contribution in [0.5, 0.6) is 0 Å². The summed E-state index contributed by atoms with van der Waals surface area (Å²) < 4.78 is 7.74. The number of aryl methyl sites for hydroxylation is 2. The van der Waals surface area contributed by atoms with E-state index >= 15 is 0 Å². The Morgan fingerprint density at radius 2 is 1.77 bits per heavy atom. The van der Waals surface area contributed by atoms with Crippen LogP contribution in [0.4, 0.5) is 5.69 Å². The number of carbonyl (C=O) groups is 2. The molecule has 2 aromatic rings. The molecule has 6 nitrogen and oxygen atoms in total. The van der Waals surface area contributed by atoms with E-state index < -0.39 is 0 Å². The normalized spacial score (nSPS) is 29.7. The molecule has 3 aliphatic heterocycles. The molecule has 3 aliphatic rings. The molecule has 0 radical (unpaired) electrons. The summed E-state index contributed by atoms with van der Waals surface area (Å²) in [6, 6.07) is 9.70. The van der Waals surface area contributed by atoms with E-state index in [1.807, 2.05) is 48.9 Å². The van der Waals surface area contributed by atoms with Crippen molar-refractivity contribution in [2.75, 3.05) is 4.90 Å². The van der Waals surface area contributed by atoms with Gasteiger partial charge in [0.15, 0.2) is 0 Å². The van der Waals surface area contributed by atoms with Gasteiger partial charge in [0.1, 0.15) is 0 Å². The second-order valence-electron chi connectivity index (χ2n) is 7.61. The maximum atomic E-state index is 12.9. The molecule has 3 saturated heterocycles. The maximum Gasteiger partial charge on any atom is 0.240 e.